The van der Waals surface area contributed by atoms with Gasteiger partial charge in [-0.05, 0) is 84.6 Å². The van der Waals surface area contributed by atoms with Crippen molar-refractivity contribution in [2.45, 2.75) is 32.9 Å². The number of fused-ring (bicyclic) bond motifs is 1. The van der Waals surface area contributed by atoms with Crippen molar-refractivity contribution >= 4 is 17.3 Å². The number of thiocarbonyl (C=S) groups is 1. The molecule has 0 unspecified atom stereocenters. The van der Waals surface area contributed by atoms with E-state index in [0.717, 1.165) is 35.1 Å². The fraction of sp³-hybridized carbons (Fsp3) is 0.321. The molecule has 0 saturated carbocycles. The van der Waals surface area contributed by atoms with Gasteiger partial charge in [0.1, 0.15) is 12.4 Å². The van der Waals surface area contributed by atoms with Crippen LogP contribution in [-0.2, 0) is 13.0 Å². The van der Waals surface area contributed by atoms with Crippen LogP contribution >= 0.6 is 12.2 Å². The Hall–Kier alpha value is -3.25. The van der Waals surface area contributed by atoms with Gasteiger partial charge >= 0.3 is 0 Å². The number of nitrogens with zero attached hydrogens (tertiary/aromatic N) is 1. The SMILES string of the molecule is COc1cc2c(cc1OC)[C@H](COc1cc(C)cc(C)c1)N(C(=S)NCc1ccccc1)CC2. The predicted molar refractivity (Wildman–Crippen MR) is 140 cm³/mol. The Bertz CT molecular complexity index is 1130. The van der Waals surface area contributed by atoms with Crippen LogP contribution in [0.2, 0.25) is 0 Å². The van der Waals surface area contributed by atoms with Gasteiger partial charge in [0, 0.05) is 13.1 Å². The Labute approximate surface area is 207 Å². The van der Waals surface area contributed by atoms with E-state index in [1.165, 1.54) is 22.3 Å². The van der Waals surface area contributed by atoms with Gasteiger partial charge in [-0.15, -0.1) is 0 Å². The van der Waals surface area contributed by atoms with Crippen molar-refractivity contribution in [2.75, 3.05) is 27.4 Å². The first-order valence-electron chi connectivity index (χ1n) is 11.5. The first-order chi connectivity index (χ1) is 16.5. The second-order valence-corrected chi connectivity index (χ2v) is 9.03. The Morgan fingerprint density at radius 1 is 0.971 bits per heavy atom. The minimum Gasteiger partial charge on any atom is -0.493 e. The molecule has 3 aromatic rings. The molecule has 1 aliphatic heterocycles. The lowest BCUT2D eigenvalue weighted by Gasteiger charge is -2.39. The summed E-state index contributed by atoms with van der Waals surface area (Å²) in [6.45, 7) is 6.12. The molecule has 4 rings (SSSR count). The third-order valence-corrected chi connectivity index (χ3v) is 6.53. The highest BCUT2D eigenvalue weighted by molar-refractivity contribution is 7.80. The summed E-state index contributed by atoms with van der Waals surface area (Å²) in [6.07, 6.45) is 0.864. The lowest BCUT2D eigenvalue weighted by molar-refractivity contribution is 0.187. The molecule has 0 amide bonds. The van der Waals surface area contributed by atoms with Crippen LogP contribution < -0.4 is 19.5 Å². The third kappa shape index (κ3) is 5.45. The van der Waals surface area contributed by atoms with Gasteiger partial charge < -0.3 is 24.4 Å². The highest BCUT2D eigenvalue weighted by atomic mass is 32.1. The number of aryl methyl sites for hydroxylation is 2. The molecule has 0 radical (unpaired) electrons. The largest absolute Gasteiger partial charge is 0.493 e. The van der Waals surface area contributed by atoms with Crippen molar-refractivity contribution in [3.63, 3.8) is 0 Å². The number of methoxy groups -OCH3 is 2. The number of hydrogen-bond donors (Lipinski definition) is 1. The van der Waals surface area contributed by atoms with Gasteiger partial charge in [0.2, 0.25) is 0 Å². The molecular formula is C28H32N2O3S. The Balaban J connectivity index is 1.61. The normalized spacial score (nSPS) is 14.8. The van der Waals surface area contributed by atoms with E-state index in [9.17, 15) is 0 Å². The molecule has 0 aromatic heterocycles. The van der Waals surface area contributed by atoms with Crippen LogP contribution in [0.4, 0.5) is 0 Å². The zero-order chi connectivity index (χ0) is 24.1. The summed E-state index contributed by atoms with van der Waals surface area (Å²) < 4.78 is 17.5. The summed E-state index contributed by atoms with van der Waals surface area (Å²) in [5.74, 6) is 2.32. The van der Waals surface area contributed by atoms with Gasteiger partial charge in [-0.1, -0.05) is 36.4 Å². The molecule has 1 atom stereocenters. The van der Waals surface area contributed by atoms with Gasteiger partial charge in [0.15, 0.2) is 16.6 Å². The minimum atomic E-state index is -0.0554. The summed E-state index contributed by atoms with van der Waals surface area (Å²) in [4.78, 5) is 2.23. The quantitative estimate of drug-likeness (QED) is 0.462. The molecule has 0 aliphatic carbocycles. The van der Waals surface area contributed by atoms with Crippen molar-refractivity contribution in [1.29, 1.82) is 0 Å². The Kier molecular flexibility index (Phi) is 7.58. The molecule has 0 fully saturated rings. The molecule has 1 heterocycles. The van der Waals surface area contributed by atoms with Gasteiger partial charge in [0.25, 0.3) is 0 Å². The summed E-state index contributed by atoms with van der Waals surface area (Å²) in [5, 5.41) is 4.16. The van der Waals surface area contributed by atoms with E-state index in [2.05, 4.69) is 66.5 Å². The van der Waals surface area contributed by atoms with Crippen molar-refractivity contribution in [1.82, 2.24) is 10.2 Å². The van der Waals surface area contributed by atoms with Crippen LogP contribution in [0.25, 0.3) is 0 Å². The second-order valence-electron chi connectivity index (χ2n) is 8.64. The van der Waals surface area contributed by atoms with Gasteiger partial charge in [-0.3, -0.25) is 0 Å². The van der Waals surface area contributed by atoms with Crippen molar-refractivity contribution in [2.24, 2.45) is 0 Å². The molecule has 178 valence electrons. The van der Waals surface area contributed by atoms with Crippen molar-refractivity contribution in [3.05, 3.63) is 88.5 Å². The van der Waals surface area contributed by atoms with Crippen molar-refractivity contribution < 1.29 is 14.2 Å². The van der Waals surface area contributed by atoms with E-state index in [0.29, 0.717) is 18.9 Å². The monoisotopic (exact) mass is 476 g/mol. The lowest BCUT2D eigenvalue weighted by Crippen LogP contribution is -2.47. The Morgan fingerprint density at radius 2 is 1.65 bits per heavy atom. The molecule has 3 aromatic carbocycles. The molecule has 1 aliphatic rings. The topological polar surface area (TPSA) is 43.0 Å². The number of nitrogens with one attached hydrogen (secondary N) is 1. The molecule has 34 heavy (non-hydrogen) atoms. The second kappa shape index (κ2) is 10.8. The van der Waals surface area contributed by atoms with E-state index < -0.39 is 0 Å². The maximum atomic E-state index is 6.34. The molecule has 5 nitrogen and oxygen atoms in total. The standard InChI is InChI=1S/C28H32N2O3S/c1-19-12-20(2)14-23(13-19)33-18-25-24-16-27(32-4)26(31-3)15-22(24)10-11-30(25)28(34)29-17-21-8-6-5-7-9-21/h5-9,12-16,25H,10-11,17-18H2,1-4H3,(H,29,34)/t25-/m0/s1. The van der Waals surface area contributed by atoms with Crippen LogP contribution in [0.5, 0.6) is 17.2 Å². The highest BCUT2D eigenvalue weighted by Gasteiger charge is 2.31. The van der Waals surface area contributed by atoms with Gasteiger partial charge in [-0.25, -0.2) is 0 Å². The first-order valence-corrected chi connectivity index (χ1v) is 11.9. The maximum absolute atomic E-state index is 6.34. The van der Waals surface area contributed by atoms with Crippen LogP contribution in [0, 0.1) is 13.8 Å². The van der Waals surface area contributed by atoms with Gasteiger partial charge in [-0.2, -0.15) is 0 Å². The number of benzene rings is 3. The van der Waals surface area contributed by atoms with Crippen LogP contribution in [-0.4, -0.2) is 37.4 Å². The predicted octanol–water partition coefficient (Wildman–Crippen LogP) is 5.37. The summed E-state index contributed by atoms with van der Waals surface area (Å²) >= 11 is 5.86. The maximum Gasteiger partial charge on any atom is 0.169 e. The molecule has 0 bridgehead atoms. The van der Waals surface area contributed by atoms with E-state index in [4.69, 9.17) is 26.4 Å². The van der Waals surface area contributed by atoms with Gasteiger partial charge in [0.05, 0.1) is 20.3 Å². The third-order valence-electron chi connectivity index (χ3n) is 6.15. The minimum absolute atomic E-state index is 0.0554. The van der Waals surface area contributed by atoms with Crippen LogP contribution in [0.1, 0.15) is 33.9 Å². The number of rotatable bonds is 7. The molecular weight excluding hydrogens is 444 g/mol. The van der Waals surface area contributed by atoms with Crippen LogP contribution in [0.3, 0.4) is 0 Å². The summed E-state index contributed by atoms with van der Waals surface area (Å²) in [7, 11) is 3.33. The zero-order valence-corrected chi connectivity index (χ0v) is 21.1. The highest BCUT2D eigenvalue weighted by Crippen LogP contribution is 2.38. The van der Waals surface area contributed by atoms with E-state index >= 15 is 0 Å². The van der Waals surface area contributed by atoms with E-state index in [1.54, 1.807) is 14.2 Å². The molecule has 1 N–H and O–H groups in total. The number of ether oxygens (including phenoxy) is 3. The first kappa shape index (κ1) is 23.9. The Morgan fingerprint density at radius 3 is 2.32 bits per heavy atom. The smallest absolute Gasteiger partial charge is 0.169 e. The van der Waals surface area contributed by atoms with Crippen LogP contribution in [0.15, 0.2) is 60.7 Å². The number of hydrogen-bond acceptors (Lipinski definition) is 4. The molecule has 0 saturated heterocycles. The molecule has 6 heteroatoms. The average Bonchev–Trinajstić information content (AvgIpc) is 2.84. The summed E-state index contributed by atoms with van der Waals surface area (Å²) in [5.41, 5.74) is 5.94. The van der Waals surface area contributed by atoms with E-state index in [-0.39, 0.29) is 6.04 Å². The zero-order valence-electron chi connectivity index (χ0n) is 20.3. The fourth-order valence-corrected chi connectivity index (χ4v) is 4.81. The van der Waals surface area contributed by atoms with Crippen molar-refractivity contribution in [3.8, 4) is 17.2 Å². The summed E-state index contributed by atoms with van der Waals surface area (Å²) in [6, 6.07) is 20.7. The molecule has 0 spiro atoms. The fourth-order valence-electron chi connectivity index (χ4n) is 4.52. The lowest BCUT2D eigenvalue weighted by atomic mass is 9.92. The average molecular weight is 477 g/mol. The van der Waals surface area contributed by atoms with E-state index in [1.807, 2.05) is 18.2 Å².